The molecule has 0 heterocycles. The first-order chi connectivity index (χ1) is 6.74. The van der Waals surface area contributed by atoms with E-state index in [4.69, 9.17) is 10.2 Å². The van der Waals surface area contributed by atoms with Gasteiger partial charge in [-0.2, -0.15) is 0 Å². The van der Waals surface area contributed by atoms with Gasteiger partial charge in [-0.15, -0.1) is 0 Å². The molecule has 83 valence electrons. The van der Waals surface area contributed by atoms with Crippen LogP contribution in [0.1, 0.15) is 39.5 Å². The lowest BCUT2D eigenvalue weighted by Crippen LogP contribution is -2.32. The van der Waals surface area contributed by atoms with E-state index < -0.39 is 0 Å². The van der Waals surface area contributed by atoms with E-state index >= 15 is 0 Å². The molecule has 0 fully saturated rings. The van der Waals surface area contributed by atoms with E-state index in [1.807, 2.05) is 0 Å². The first-order valence-corrected chi connectivity index (χ1v) is 5.91. The molecular weight excluding hydrogens is 192 g/mol. The molecule has 0 aromatic rings. The summed E-state index contributed by atoms with van der Waals surface area (Å²) in [6.07, 6.45) is 4.31. The second-order valence-corrected chi connectivity index (χ2v) is 3.84. The minimum atomic E-state index is 0.0152. The highest BCUT2D eigenvalue weighted by atomic mass is 28.2. The molecule has 0 saturated heterocycles. The van der Waals surface area contributed by atoms with Crippen LogP contribution in [0.3, 0.4) is 0 Å². The first-order valence-electron chi connectivity index (χ1n) is 5.50. The van der Waals surface area contributed by atoms with Crippen LogP contribution in [-0.4, -0.2) is 35.7 Å². The zero-order chi connectivity index (χ0) is 10.9. The Kier molecular flexibility index (Phi) is 8.47. The Hall–Kier alpha value is 0.0969. The fourth-order valence-corrected chi connectivity index (χ4v) is 1.95. The SMILES string of the molecule is CCC(CC)(CCCNCCN)O[Si]. The van der Waals surface area contributed by atoms with Crippen LogP contribution in [-0.2, 0) is 4.43 Å². The van der Waals surface area contributed by atoms with E-state index in [9.17, 15) is 0 Å². The van der Waals surface area contributed by atoms with E-state index in [0.29, 0.717) is 6.54 Å². The number of nitrogens with one attached hydrogen (secondary N) is 1. The van der Waals surface area contributed by atoms with Crippen molar-refractivity contribution in [1.82, 2.24) is 5.32 Å². The number of hydrogen-bond acceptors (Lipinski definition) is 3. The average Bonchev–Trinajstić information content (AvgIpc) is 2.24. The van der Waals surface area contributed by atoms with Gasteiger partial charge in [-0.1, -0.05) is 13.8 Å². The molecule has 0 aromatic heterocycles. The Labute approximate surface area is 91.3 Å². The third-order valence-corrected chi connectivity index (χ3v) is 3.25. The topological polar surface area (TPSA) is 47.3 Å². The minimum Gasteiger partial charge on any atom is -0.413 e. The molecule has 4 heteroatoms. The van der Waals surface area contributed by atoms with E-state index in [1.165, 1.54) is 0 Å². The van der Waals surface area contributed by atoms with E-state index in [-0.39, 0.29) is 5.60 Å². The predicted octanol–water partition coefficient (Wildman–Crippen LogP) is 0.974. The average molecular weight is 215 g/mol. The summed E-state index contributed by atoms with van der Waals surface area (Å²) in [4.78, 5) is 0. The molecular formula is C10H23N2OSi. The van der Waals surface area contributed by atoms with Gasteiger partial charge in [0.2, 0.25) is 10.5 Å². The highest BCUT2D eigenvalue weighted by Crippen LogP contribution is 2.24. The quantitative estimate of drug-likeness (QED) is 0.445. The van der Waals surface area contributed by atoms with Crippen molar-refractivity contribution >= 4 is 10.5 Å². The molecule has 0 unspecified atom stereocenters. The van der Waals surface area contributed by atoms with Gasteiger partial charge in [0.1, 0.15) is 0 Å². The molecule has 3 radical (unpaired) electrons. The van der Waals surface area contributed by atoms with Gasteiger partial charge in [0.15, 0.2) is 0 Å². The third kappa shape index (κ3) is 5.10. The standard InChI is InChI=1S/C10H23N2OSi/c1-3-10(4-2,13-14)6-5-8-12-9-7-11/h12H,3-9,11H2,1-2H3. The van der Waals surface area contributed by atoms with Crippen molar-refractivity contribution in [3.05, 3.63) is 0 Å². The molecule has 3 N–H and O–H groups in total. The molecule has 0 bridgehead atoms. The number of nitrogens with two attached hydrogens (primary N) is 1. The predicted molar refractivity (Wildman–Crippen MR) is 61.3 cm³/mol. The summed E-state index contributed by atoms with van der Waals surface area (Å²) in [6.45, 7) is 6.96. The second-order valence-electron chi connectivity index (χ2n) is 3.63. The highest BCUT2D eigenvalue weighted by Gasteiger charge is 2.23. The fraction of sp³-hybridized carbons (Fsp3) is 1.00. The highest BCUT2D eigenvalue weighted by molar-refractivity contribution is 5.98. The Morgan fingerprint density at radius 3 is 2.36 bits per heavy atom. The zero-order valence-electron chi connectivity index (χ0n) is 9.44. The molecule has 0 atom stereocenters. The van der Waals surface area contributed by atoms with Crippen molar-refractivity contribution in [3.8, 4) is 0 Å². The number of hydrogen-bond donors (Lipinski definition) is 2. The zero-order valence-corrected chi connectivity index (χ0v) is 10.4. The van der Waals surface area contributed by atoms with Crippen LogP contribution in [0.15, 0.2) is 0 Å². The molecule has 3 nitrogen and oxygen atoms in total. The van der Waals surface area contributed by atoms with Crippen LogP contribution in [0.5, 0.6) is 0 Å². The van der Waals surface area contributed by atoms with Crippen molar-refractivity contribution in [1.29, 1.82) is 0 Å². The van der Waals surface area contributed by atoms with E-state index in [0.717, 1.165) is 38.8 Å². The summed E-state index contributed by atoms with van der Waals surface area (Å²) in [7, 11) is 3.18. The molecule has 14 heavy (non-hydrogen) atoms. The van der Waals surface area contributed by atoms with Gasteiger partial charge < -0.3 is 15.5 Å². The Balaban J connectivity index is 3.61. The van der Waals surface area contributed by atoms with Crippen LogP contribution in [0.4, 0.5) is 0 Å². The fourth-order valence-electron chi connectivity index (χ4n) is 1.56. The molecule has 0 spiro atoms. The molecule has 0 aliphatic carbocycles. The van der Waals surface area contributed by atoms with Gasteiger partial charge in [-0.05, 0) is 32.2 Å². The number of rotatable bonds is 9. The van der Waals surface area contributed by atoms with Gasteiger partial charge in [-0.3, -0.25) is 0 Å². The Morgan fingerprint density at radius 1 is 1.29 bits per heavy atom. The summed E-state index contributed by atoms with van der Waals surface area (Å²) in [5, 5.41) is 3.28. The molecule has 0 aromatic carbocycles. The monoisotopic (exact) mass is 215 g/mol. The van der Waals surface area contributed by atoms with Gasteiger partial charge >= 0.3 is 0 Å². The van der Waals surface area contributed by atoms with Crippen molar-refractivity contribution in [2.75, 3.05) is 19.6 Å². The Morgan fingerprint density at radius 2 is 1.93 bits per heavy atom. The van der Waals surface area contributed by atoms with Gasteiger partial charge in [0.05, 0.1) is 5.60 Å². The maximum absolute atomic E-state index is 5.40. The molecule has 0 aliphatic heterocycles. The molecule has 0 saturated carbocycles. The second kappa shape index (κ2) is 8.41. The van der Waals surface area contributed by atoms with E-state index in [2.05, 4.69) is 29.7 Å². The summed E-state index contributed by atoms with van der Waals surface area (Å²) >= 11 is 0. The summed E-state index contributed by atoms with van der Waals surface area (Å²) in [5.41, 5.74) is 5.40. The third-order valence-electron chi connectivity index (χ3n) is 2.81. The smallest absolute Gasteiger partial charge is 0.247 e. The lowest BCUT2D eigenvalue weighted by Gasteiger charge is -2.30. The molecule has 0 amide bonds. The lowest BCUT2D eigenvalue weighted by molar-refractivity contribution is 0.0592. The van der Waals surface area contributed by atoms with Crippen LogP contribution in [0.2, 0.25) is 0 Å². The van der Waals surface area contributed by atoms with Crippen LogP contribution in [0.25, 0.3) is 0 Å². The summed E-state index contributed by atoms with van der Waals surface area (Å²) in [5.74, 6) is 0. The maximum atomic E-state index is 5.40. The largest absolute Gasteiger partial charge is 0.413 e. The molecule has 0 aliphatic rings. The lowest BCUT2D eigenvalue weighted by atomic mass is 9.92. The maximum Gasteiger partial charge on any atom is 0.247 e. The van der Waals surface area contributed by atoms with Gasteiger partial charge in [-0.25, -0.2) is 0 Å². The molecule has 0 rings (SSSR count). The first kappa shape index (κ1) is 14.1. The van der Waals surface area contributed by atoms with Crippen molar-refractivity contribution in [2.45, 2.75) is 45.1 Å². The summed E-state index contributed by atoms with van der Waals surface area (Å²) < 4.78 is 5.40. The van der Waals surface area contributed by atoms with Crippen molar-refractivity contribution in [3.63, 3.8) is 0 Å². The summed E-state index contributed by atoms with van der Waals surface area (Å²) in [6, 6.07) is 0. The van der Waals surface area contributed by atoms with E-state index in [1.54, 1.807) is 0 Å². The van der Waals surface area contributed by atoms with Crippen LogP contribution >= 0.6 is 0 Å². The normalized spacial score (nSPS) is 12.0. The van der Waals surface area contributed by atoms with Crippen LogP contribution in [0, 0.1) is 0 Å². The van der Waals surface area contributed by atoms with Gasteiger partial charge in [0.25, 0.3) is 0 Å². The minimum absolute atomic E-state index is 0.0152. The van der Waals surface area contributed by atoms with Gasteiger partial charge in [0, 0.05) is 13.1 Å². The van der Waals surface area contributed by atoms with Crippen LogP contribution < -0.4 is 11.1 Å². The van der Waals surface area contributed by atoms with Crippen molar-refractivity contribution < 1.29 is 4.43 Å². The van der Waals surface area contributed by atoms with Crippen molar-refractivity contribution in [2.24, 2.45) is 5.73 Å². The Bertz CT molecular complexity index is 121.